The van der Waals surface area contributed by atoms with Crippen molar-refractivity contribution in [3.05, 3.63) is 77.9 Å². The van der Waals surface area contributed by atoms with Gasteiger partial charge >= 0.3 is 0 Å². The summed E-state index contributed by atoms with van der Waals surface area (Å²) in [5, 5.41) is 21.9. The van der Waals surface area contributed by atoms with Gasteiger partial charge in [-0.25, -0.2) is 8.78 Å². The molecule has 0 amide bonds. The van der Waals surface area contributed by atoms with E-state index in [9.17, 15) is 24.0 Å². The molecule has 0 radical (unpaired) electrons. The number of fused-ring (bicyclic) bond motifs is 7. The van der Waals surface area contributed by atoms with Gasteiger partial charge in [0.15, 0.2) is 29.1 Å². The zero-order chi connectivity index (χ0) is 32.8. The zero-order valence-corrected chi connectivity index (χ0v) is 27.3. The standard InChI is InChI=1S/C35H36F2O7S2/c1-32-12-11-20(39)13-26(32)27(36)15-25-24-16-30-35(29(41)18-38,33(24,2)17-28(40)34(25,32)37)44-31(43-30)19-7-9-21(10-8-19)45-22-5-4-6-23(14-22)46(3)42/h4-14,24-25,27-28,30-31,38,40H,15-18H2,1-3H3/t24-,25-,27-,28-,30?,31?,32-,33-,34-,35+,46?/m0/s1. The summed E-state index contributed by atoms with van der Waals surface area (Å²) in [6, 6.07) is 14.9. The van der Waals surface area contributed by atoms with E-state index in [4.69, 9.17) is 9.47 Å². The SMILES string of the molecule is CS(=O)c1cccc(Sc2ccc(C3OC4C[C@H]5[C@@H]6C[C@H](F)C7=CC(=O)C=C[C@]7(C)[C@@]6(F)[C@@H](O)C[C@]5(C)[C@]4(C(=O)CO)O3)cc2)c1. The first-order chi connectivity index (χ1) is 21.8. The van der Waals surface area contributed by atoms with Gasteiger partial charge in [-0.05, 0) is 80.2 Å². The molecular formula is C35H36F2O7S2. The van der Waals surface area contributed by atoms with Crippen LogP contribution in [-0.2, 0) is 29.9 Å². The van der Waals surface area contributed by atoms with Crippen LogP contribution >= 0.6 is 11.8 Å². The maximum atomic E-state index is 17.6. The molecule has 4 fully saturated rings. The van der Waals surface area contributed by atoms with Crippen LogP contribution in [0.2, 0.25) is 0 Å². The third-order valence-electron chi connectivity index (χ3n) is 11.5. The highest BCUT2D eigenvalue weighted by Gasteiger charge is 2.80. The second-order valence-corrected chi connectivity index (χ2v) is 16.1. The minimum absolute atomic E-state index is 0.0305. The molecule has 11 atom stereocenters. The summed E-state index contributed by atoms with van der Waals surface area (Å²) in [6.45, 7) is 2.45. The number of Topliss-reactive ketones (excluding diaryl/α,β-unsaturated/α-hetero) is 1. The van der Waals surface area contributed by atoms with Gasteiger partial charge in [0, 0.05) is 54.1 Å². The number of allylic oxidation sites excluding steroid dienone is 4. The Morgan fingerprint density at radius 2 is 1.85 bits per heavy atom. The van der Waals surface area contributed by atoms with Gasteiger partial charge in [0.2, 0.25) is 0 Å². The van der Waals surface area contributed by atoms with Crippen LogP contribution in [0.1, 0.15) is 45.0 Å². The second kappa shape index (κ2) is 11.0. The van der Waals surface area contributed by atoms with Crippen LogP contribution in [0.5, 0.6) is 0 Å². The molecule has 5 aliphatic rings. The Kier molecular flexibility index (Phi) is 7.66. The van der Waals surface area contributed by atoms with E-state index < -0.39 is 87.6 Å². The Morgan fingerprint density at radius 1 is 1.11 bits per heavy atom. The number of carbonyl (C=O) groups is 2. The summed E-state index contributed by atoms with van der Waals surface area (Å²) in [7, 11) is -1.10. The van der Waals surface area contributed by atoms with Gasteiger partial charge in [-0.2, -0.15) is 0 Å². The van der Waals surface area contributed by atoms with E-state index in [-0.39, 0.29) is 24.8 Å². The average molecular weight is 671 g/mol. The number of alkyl halides is 2. The fourth-order valence-corrected chi connectivity index (χ4v) is 10.8. The number of benzene rings is 2. The minimum atomic E-state index is -2.30. The van der Waals surface area contributed by atoms with Crippen molar-refractivity contribution in [2.75, 3.05) is 12.9 Å². The Labute approximate surface area is 272 Å². The van der Waals surface area contributed by atoms with Crippen molar-refractivity contribution in [2.45, 2.75) is 83.7 Å². The molecule has 3 unspecified atom stereocenters. The number of hydrogen-bond donors (Lipinski definition) is 2. The topological polar surface area (TPSA) is 110 Å². The van der Waals surface area contributed by atoms with Gasteiger partial charge in [0.1, 0.15) is 12.8 Å². The van der Waals surface area contributed by atoms with Crippen molar-refractivity contribution in [1.82, 2.24) is 0 Å². The zero-order valence-electron chi connectivity index (χ0n) is 25.7. The van der Waals surface area contributed by atoms with Crippen molar-refractivity contribution in [3.63, 3.8) is 0 Å². The molecule has 1 heterocycles. The van der Waals surface area contributed by atoms with Crippen molar-refractivity contribution in [1.29, 1.82) is 0 Å². The highest BCUT2D eigenvalue weighted by molar-refractivity contribution is 7.99. The van der Waals surface area contributed by atoms with E-state index in [0.717, 1.165) is 20.8 Å². The Hall–Kier alpha value is -2.54. The smallest absolute Gasteiger partial charge is 0.193 e. The van der Waals surface area contributed by atoms with E-state index in [1.54, 1.807) is 13.2 Å². The highest BCUT2D eigenvalue weighted by Crippen LogP contribution is 2.72. The van der Waals surface area contributed by atoms with Crippen LogP contribution in [0.25, 0.3) is 0 Å². The van der Waals surface area contributed by atoms with Gasteiger partial charge in [0.25, 0.3) is 0 Å². The van der Waals surface area contributed by atoms with E-state index in [1.807, 2.05) is 48.5 Å². The second-order valence-electron chi connectivity index (χ2n) is 13.6. The molecule has 2 aromatic rings. The lowest BCUT2D eigenvalue weighted by atomic mass is 9.44. The van der Waals surface area contributed by atoms with E-state index in [0.29, 0.717) is 5.56 Å². The van der Waals surface area contributed by atoms with Crippen molar-refractivity contribution in [2.24, 2.45) is 22.7 Å². The maximum absolute atomic E-state index is 17.6. The van der Waals surface area contributed by atoms with Crippen LogP contribution < -0.4 is 0 Å². The van der Waals surface area contributed by atoms with Gasteiger partial charge in [0.05, 0.1) is 12.2 Å². The molecule has 0 aromatic heterocycles. The van der Waals surface area contributed by atoms with Gasteiger partial charge in [-0.1, -0.05) is 43.0 Å². The molecule has 1 aliphatic heterocycles. The minimum Gasteiger partial charge on any atom is -0.390 e. The molecule has 46 heavy (non-hydrogen) atoms. The van der Waals surface area contributed by atoms with E-state index in [1.165, 1.54) is 30.8 Å². The number of carbonyl (C=O) groups excluding carboxylic acids is 2. The number of halogens is 2. The Morgan fingerprint density at radius 3 is 2.54 bits per heavy atom. The van der Waals surface area contributed by atoms with E-state index in [2.05, 4.69) is 0 Å². The molecule has 7 rings (SSSR count). The van der Waals surface area contributed by atoms with Crippen molar-refractivity contribution < 1.29 is 42.3 Å². The van der Waals surface area contributed by atoms with Gasteiger partial charge in [-0.3, -0.25) is 13.8 Å². The lowest BCUT2D eigenvalue weighted by Crippen LogP contribution is -2.70. The first-order valence-corrected chi connectivity index (χ1v) is 17.8. The highest BCUT2D eigenvalue weighted by atomic mass is 32.2. The number of aliphatic hydroxyl groups is 2. The number of ether oxygens (including phenoxy) is 2. The van der Waals surface area contributed by atoms with Crippen LogP contribution in [0.3, 0.4) is 0 Å². The summed E-state index contributed by atoms with van der Waals surface area (Å²) in [4.78, 5) is 28.4. The summed E-state index contributed by atoms with van der Waals surface area (Å²) < 4.78 is 58.2. The fraction of sp³-hybridized carbons (Fsp3) is 0.486. The fourth-order valence-electron chi connectivity index (χ4n) is 9.26. The molecule has 2 N–H and O–H groups in total. The van der Waals surface area contributed by atoms with Crippen LogP contribution in [0.15, 0.2) is 87.0 Å². The van der Waals surface area contributed by atoms with E-state index >= 15 is 8.78 Å². The molecular weight excluding hydrogens is 635 g/mol. The van der Waals surface area contributed by atoms with Crippen LogP contribution in [-0.4, -0.2) is 68.5 Å². The average Bonchev–Trinajstić information content (AvgIpc) is 3.53. The van der Waals surface area contributed by atoms with Gasteiger partial charge < -0.3 is 19.7 Å². The summed E-state index contributed by atoms with van der Waals surface area (Å²) >= 11 is 1.50. The molecule has 0 bridgehead atoms. The monoisotopic (exact) mass is 670 g/mol. The van der Waals surface area contributed by atoms with Gasteiger partial charge in [-0.15, -0.1) is 0 Å². The molecule has 0 spiro atoms. The van der Waals surface area contributed by atoms with Crippen molar-refractivity contribution in [3.8, 4) is 0 Å². The molecule has 7 nitrogen and oxygen atoms in total. The molecule has 244 valence electrons. The first kappa shape index (κ1) is 32.0. The summed E-state index contributed by atoms with van der Waals surface area (Å²) in [5.41, 5.74) is -6.05. The molecule has 4 aliphatic carbocycles. The predicted octanol–water partition coefficient (Wildman–Crippen LogP) is 5.22. The normalized spacial score (nSPS) is 41.6. The summed E-state index contributed by atoms with van der Waals surface area (Å²) in [5.74, 6) is -2.66. The molecule has 11 heteroatoms. The van der Waals surface area contributed by atoms with Crippen LogP contribution in [0.4, 0.5) is 8.78 Å². The third kappa shape index (κ3) is 4.31. The van der Waals surface area contributed by atoms with Crippen molar-refractivity contribution >= 4 is 34.1 Å². The molecule has 1 saturated heterocycles. The summed E-state index contributed by atoms with van der Waals surface area (Å²) in [6.07, 6.45) is 0.0878. The lowest BCUT2D eigenvalue weighted by Gasteiger charge is -2.63. The third-order valence-corrected chi connectivity index (χ3v) is 13.4. The Balaban J connectivity index is 1.19. The largest absolute Gasteiger partial charge is 0.390 e. The number of aliphatic hydroxyl groups excluding tert-OH is 2. The molecule has 3 saturated carbocycles. The lowest BCUT2D eigenvalue weighted by molar-refractivity contribution is -0.235. The Bertz CT molecular complexity index is 1700. The number of ketones is 2. The first-order valence-electron chi connectivity index (χ1n) is 15.4. The predicted molar refractivity (Wildman–Crippen MR) is 167 cm³/mol. The quantitative estimate of drug-likeness (QED) is 0.431. The number of rotatable bonds is 6. The van der Waals surface area contributed by atoms with Crippen LogP contribution in [0, 0.1) is 22.7 Å². The maximum Gasteiger partial charge on any atom is 0.193 e. The molecule has 2 aromatic carbocycles. The number of hydrogen-bond acceptors (Lipinski definition) is 8.